The van der Waals surface area contributed by atoms with E-state index in [4.69, 9.17) is 4.74 Å². The van der Waals surface area contributed by atoms with Crippen LogP contribution in [0, 0.1) is 11.3 Å². The van der Waals surface area contributed by atoms with Gasteiger partial charge >= 0.3 is 12.1 Å². The molecular weight excluding hydrogens is 634 g/mol. The summed E-state index contributed by atoms with van der Waals surface area (Å²) in [7, 11) is -2.91. The number of H-pyrrole nitrogens is 1. The molecule has 0 fully saturated rings. The second-order valence-electron chi connectivity index (χ2n) is 10.5. The fourth-order valence-electron chi connectivity index (χ4n) is 5.36. The summed E-state index contributed by atoms with van der Waals surface area (Å²) < 4.78 is 60.4. The third-order valence-electron chi connectivity index (χ3n) is 7.56. The molecule has 0 aromatic carbocycles. The molecule has 1 aliphatic carbocycles. The van der Waals surface area contributed by atoms with Gasteiger partial charge in [-0.1, -0.05) is 11.6 Å². The number of carbonyl (C=O) groups is 1. The Kier molecular flexibility index (Phi) is 9.75. The Morgan fingerprint density at radius 1 is 1.35 bits per heavy atom. The topological polar surface area (TPSA) is 221 Å². The van der Waals surface area contributed by atoms with Crippen molar-refractivity contribution >= 4 is 31.0 Å². The molecule has 2 aliphatic rings. The summed E-state index contributed by atoms with van der Waals surface area (Å²) in [6.07, 6.45) is 1.98. The Labute approximate surface area is 260 Å². The molecule has 6 N–H and O–H groups in total. The van der Waals surface area contributed by atoms with Crippen molar-refractivity contribution < 1.29 is 42.2 Å². The van der Waals surface area contributed by atoms with Gasteiger partial charge in [0.1, 0.15) is 41.6 Å². The first-order valence-electron chi connectivity index (χ1n) is 13.7. The maximum Gasteiger partial charge on any atom is 0.421 e. The van der Waals surface area contributed by atoms with Crippen molar-refractivity contribution in [3.8, 4) is 6.07 Å². The first kappa shape index (κ1) is 34.3. The number of methoxy groups -OCH3 is 1. The Hall–Kier alpha value is -4.53. The van der Waals surface area contributed by atoms with Crippen LogP contribution in [0.5, 0.6) is 0 Å². The van der Waals surface area contributed by atoms with Gasteiger partial charge in [0, 0.05) is 32.7 Å². The zero-order valence-corrected chi connectivity index (χ0v) is 25.7. The van der Waals surface area contributed by atoms with E-state index in [0.29, 0.717) is 17.5 Å². The average Bonchev–Trinajstić information content (AvgIpc) is 3.55. The van der Waals surface area contributed by atoms with Crippen LogP contribution < -0.4 is 25.3 Å². The van der Waals surface area contributed by atoms with E-state index >= 15 is 0 Å². The van der Waals surface area contributed by atoms with Gasteiger partial charge < -0.3 is 40.1 Å². The molecule has 0 bridgehead atoms. The maximum atomic E-state index is 14.3. The third kappa shape index (κ3) is 6.41. The van der Waals surface area contributed by atoms with E-state index < -0.39 is 46.8 Å². The number of allylic oxidation sites excluding steroid dienone is 3. The second kappa shape index (κ2) is 13.1. The van der Waals surface area contributed by atoms with Crippen LogP contribution in [0.25, 0.3) is 0 Å². The number of hydrogen-bond acceptors (Lipinski definition) is 11. The highest BCUT2D eigenvalue weighted by Crippen LogP contribution is 2.55. The second-order valence-corrected chi connectivity index (χ2v) is 12.3. The van der Waals surface area contributed by atoms with Crippen LogP contribution in [0.4, 0.5) is 30.6 Å². The Balaban J connectivity index is 1.94. The molecule has 4 rings (SSSR count). The highest BCUT2D eigenvalue weighted by atomic mass is 31.2. The number of aromatic amines is 1. The van der Waals surface area contributed by atoms with E-state index in [-0.39, 0.29) is 55.3 Å². The van der Waals surface area contributed by atoms with Gasteiger partial charge in [0.05, 0.1) is 25.4 Å². The number of quaternary nitrogens is 1. The normalized spacial score (nSPS) is 22.9. The van der Waals surface area contributed by atoms with E-state index in [1.165, 1.54) is 37.7 Å². The van der Waals surface area contributed by atoms with Gasteiger partial charge in [0.15, 0.2) is 18.6 Å². The molecule has 2 aromatic rings. The smallest absolute Gasteiger partial charge is 0.421 e. The van der Waals surface area contributed by atoms with Crippen molar-refractivity contribution in [2.75, 3.05) is 44.5 Å². The molecule has 46 heavy (non-hydrogen) atoms. The summed E-state index contributed by atoms with van der Waals surface area (Å²) in [5.41, 5.74) is -0.696. The number of nitrogens with one attached hydrogen (secondary N) is 4. The zero-order valence-electron chi connectivity index (χ0n) is 24.8. The molecule has 246 valence electrons. The molecule has 0 radical (unpaired) electrons. The number of likely N-dealkylation sites (N-methyl/N-ethyl adjacent to an activating group) is 1. The molecule has 0 saturated carbocycles. The number of ether oxygens (including phenoxy) is 1. The summed E-state index contributed by atoms with van der Waals surface area (Å²) >= 11 is 0. The number of nitrogens with zero attached hydrogens (tertiary/aromatic N) is 5. The minimum atomic E-state index is -5.39. The standard InChI is InChI=1S/C27H31F3N9O6P/c1-16-5-6-26(46(42,43)44,21(9-16)45-3)38-25-33-14-19(27(28,29)30)23(37-25)36-20-10-17(11-31)15-39(7-4-8-40,18-12-34-35-13-18)22(20)24(41)32-2/h5,9-10,12-14,40H,4,6-8,15H2,1-3H3,(H5-,32,33,34,35,36,37,38,41,42,43,44). The summed E-state index contributed by atoms with van der Waals surface area (Å²) in [5.74, 6) is -2.52. The molecule has 2 aromatic heterocycles. The number of aromatic nitrogens is 4. The van der Waals surface area contributed by atoms with E-state index in [1.54, 1.807) is 6.92 Å². The Bertz CT molecular complexity index is 1710. The van der Waals surface area contributed by atoms with Crippen LogP contribution in [-0.2, 0) is 20.3 Å². The maximum absolute atomic E-state index is 14.3. The van der Waals surface area contributed by atoms with Crippen molar-refractivity contribution in [3.63, 3.8) is 0 Å². The van der Waals surface area contributed by atoms with Crippen LogP contribution in [-0.4, -0.2) is 75.2 Å². The minimum absolute atomic E-state index is 0.0442. The number of rotatable bonds is 11. The number of halogens is 3. The molecule has 3 unspecified atom stereocenters. The van der Waals surface area contributed by atoms with Crippen LogP contribution in [0.3, 0.4) is 0 Å². The van der Waals surface area contributed by atoms with Crippen molar-refractivity contribution in [2.45, 2.75) is 31.2 Å². The number of alkyl halides is 3. The number of amides is 1. The van der Waals surface area contributed by atoms with Crippen molar-refractivity contribution in [3.05, 3.63) is 70.7 Å². The molecular formula is C27H31F3N9O6P. The lowest BCUT2D eigenvalue weighted by molar-refractivity contribution is -0.199. The van der Waals surface area contributed by atoms with Crippen LogP contribution >= 0.6 is 7.60 Å². The van der Waals surface area contributed by atoms with Crippen LogP contribution in [0.1, 0.15) is 25.3 Å². The number of nitriles is 1. The minimum Gasteiger partial charge on any atom is -0.777 e. The SMILES string of the molecule is CNC(=O)C1=C(Nc2nc(NC3(P(=O)([O-])O)CC=C(C)C=C3OC)ncc2C(F)(F)F)C=C(C#N)C[N+]1(CCCO)c1cn[nH]c1. The lowest BCUT2D eigenvalue weighted by Crippen LogP contribution is -2.56. The fraction of sp³-hybridized carbons (Fsp3) is 0.370. The predicted molar refractivity (Wildman–Crippen MR) is 157 cm³/mol. The molecule has 3 atom stereocenters. The lowest BCUT2D eigenvalue weighted by Gasteiger charge is -2.43. The zero-order chi connectivity index (χ0) is 33.9. The highest BCUT2D eigenvalue weighted by molar-refractivity contribution is 7.52. The quantitative estimate of drug-likeness (QED) is 0.150. The van der Waals surface area contributed by atoms with Gasteiger partial charge in [0.2, 0.25) is 11.6 Å². The van der Waals surface area contributed by atoms with Crippen molar-refractivity contribution in [1.29, 1.82) is 5.26 Å². The van der Waals surface area contributed by atoms with Gasteiger partial charge in [-0.15, -0.1) is 0 Å². The molecule has 3 heterocycles. The van der Waals surface area contributed by atoms with Crippen LogP contribution in [0.15, 0.2) is 65.1 Å². The summed E-state index contributed by atoms with van der Waals surface area (Å²) in [6, 6.07) is 2.00. The van der Waals surface area contributed by atoms with Crippen molar-refractivity contribution in [2.24, 2.45) is 0 Å². The van der Waals surface area contributed by atoms with Crippen molar-refractivity contribution in [1.82, 2.24) is 30.0 Å². The monoisotopic (exact) mass is 665 g/mol. The summed E-state index contributed by atoms with van der Waals surface area (Å²) in [4.78, 5) is 44.1. The first-order chi connectivity index (χ1) is 21.7. The van der Waals surface area contributed by atoms with E-state index in [2.05, 4.69) is 36.1 Å². The summed E-state index contributed by atoms with van der Waals surface area (Å²) in [6.45, 7) is 1.31. The largest absolute Gasteiger partial charge is 0.777 e. The average molecular weight is 666 g/mol. The Morgan fingerprint density at radius 3 is 2.65 bits per heavy atom. The van der Waals surface area contributed by atoms with Gasteiger partial charge in [-0.05, 0) is 19.1 Å². The lowest BCUT2D eigenvalue weighted by atomic mass is 10.0. The first-order valence-corrected chi connectivity index (χ1v) is 15.2. The van der Waals surface area contributed by atoms with Gasteiger partial charge in [-0.25, -0.2) is 9.47 Å². The number of carbonyl (C=O) groups excluding carboxylic acids is 1. The third-order valence-corrected chi connectivity index (χ3v) is 9.04. The number of hydrogen-bond donors (Lipinski definition) is 6. The van der Waals surface area contributed by atoms with Gasteiger partial charge in [0.25, 0.3) is 0 Å². The van der Waals surface area contributed by atoms with Gasteiger partial charge in [-0.3, -0.25) is 9.89 Å². The molecule has 1 amide bonds. The molecule has 19 heteroatoms. The predicted octanol–water partition coefficient (Wildman–Crippen LogP) is 1.98. The van der Waals surface area contributed by atoms with Gasteiger partial charge in [-0.2, -0.15) is 28.5 Å². The molecule has 1 aliphatic heterocycles. The van der Waals surface area contributed by atoms with E-state index in [0.717, 1.165) is 7.11 Å². The number of anilines is 2. The van der Waals surface area contributed by atoms with E-state index in [1.807, 2.05) is 6.07 Å². The molecule has 0 spiro atoms. The molecule has 0 saturated heterocycles. The fourth-order valence-corrected chi connectivity index (χ4v) is 6.36. The summed E-state index contributed by atoms with van der Waals surface area (Å²) in [5, 5.41) is 31.3. The van der Waals surface area contributed by atoms with E-state index in [9.17, 15) is 42.7 Å². The Morgan fingerprint density at radius 2 is 2.09 bits per heavy atom. The highest BCUT2D eigenvalue weighted by Gasteiger charge is 2.48. The number of aliphatic hydroxyl groups excluding tert-OH is 1. The molecule has 15 nitrogen and oxygen atoms in total. The van der Waals surface area contributed by atoms with Crippen LogP contribution in [0.2, 0.25) is 0 Å². The number of aliphatic hydroxyl groups is 1.